The predicted molar refractivity (Wildman–Crippen MR) is 92.3 cm³/mol. The van der Waals surface area contributed by atoms with Crippen LogP contribution in [0.4, 0.5) is 0 Å². The van der Waals surface area contributed by atoms with Gasteiger partial charge in [-0.15, -0.1) is 0 Å². The quantitative estimate of drug-likeness (QED) is 0.725. The first-order chi connectivity index (χ1) is 12.2. The van der Waals surface area contributed by atoms with E-state index >= 15 is 0 Å². The highest BCUT2D eigenvalue weighted by atomic mass is 16.5. The highest BCUT2D eigenvalue weighted by Gasteiger charge is 2.08. The SMILES string of the molecule is COC(=O)CCc1ccc(-c2nc(-c3ccc(C#N)cc3)n[nH]2)cc1. The van der Waals surface area contributed by atoms with E-state index in [1.807, 2.05) is 36.4 Å². The van der Waals surface area contributed by atoms with Crippen molar-refractivity contribution in [2.45, 2.75) is 12.8 Å². The van der Waals surface area contributed by atoms with Crippen molar-refractivity contribution in [2.24, 2.45) is 0 Å². The molecule has 1 aromatic heterocycles. The van der Waals surface area contributed by atoms with E-state index in [9.17, 15) is 4.79 Å². The molecule has 0 aliphatic rings. The molecule has 2 aromatic carbocycles. The summed E-state index contributed by atoms with van der Waals surface area (Å²) in [7, 11) is 1.39. The summed E-state index contributed by atoms with van der Waals surface area (Å²) in [6.45, 7) is 0. The Labute approximate surface area is 145 Å². The number of ether oxygens (including phenoxy) is 1. The molecule has 1 N–H and O–H groups in total. The van der Waals surface area contributed by atoms with E-state index in [0.29, 0.717) is 30.1 Å². The van der Waals surface area contributed by atoms with Gasteiger partial charge in [0.2, 0.25) is 0 Å². The van der Waals surface area contributed by atoms with Crippen molar-refractivity contribution < 1.29 is 9.53 Å². The Morgan fingerprint density at radius 2 is 1.80 bits per heavy atom. The Balaban J connectivity index is 1.73. The molecule has 0 spiro atoms. The number of esters is 1. The van der Waals surface area contributed by atoms with Crippen LogP contribution in [0, 0.1) is 11.3 Å². The number of nitrogens with zero attached hydrogens (tertiary/aromatic N) is 3. The van der Waals surface area contributed by atoms with Crippen LogP contribution in [0.5, 0.6) is 0 Å². The molecule has 6 nitrogen and oxygen atoms in total. The van der Waals surface area contributed by atoms with E-state index in [1.165, 1.54) is 7.11 Å². The number of rotatable bonds is 5. The van der Waals surface area contributed by atoms with Gasteiger partial charge in [-0.1, -0.05) is 24.3 Å². The standard InChI is InChI=1S/C19H16N4O2/c1-25-17(24)11-6-13-2-7-15(8-3-13)18-21-19(23-22-18)16-9-4-14(12-20)5-10-16/h2-5,7-10H,6,11H2,1H3,(H,21,22,23). The van der Waals surface area contributed by atoms with E-state index in [4.69, 9.17) is 5.26 Å². The number of carbonyl (C=O) groups excluding carboxylic acids is 1. The maximum absolute atomic E-state index is 11.2. The topological polar surface area (TPSA) is 91.7 Å². The second-order valence-electron chi connectivity index (χ2n) is 5.47. The predicted octanol–water partition coefficient (Wildman–Crippen LogP) is 3.12. The first-order valence-electron chi connectivity index (χ1n) is 7.78. The van der Waals surface area contributed by atoms with Gasteiger partial charge in [-0.3, -0.25) is 9.89 Å². The van der Waals surface area contributed by atoms with Crippen LogP contribution >= 0.6 is 0 Å². The Hall–Kier alpha value is -3.46. The number of hydrogen-bond acceptors (Lipinski definition) is 5. The van der Waals surface area contributed by atoms with Crippen LogP contribution in [-0.4, -0.2) is 28.3 Å². The number of aromatic amines is 1. The number of hydrogen-bond donors (Lipinski definition) is 1. The third kappa shape index (κ3) is 3.90. The van der Waals surface area contributed by atoms with Crippen LogP contribution in [-0.2, 0) is 16.0 Å². The van der Waals surface area contributed by atoms with Gasteiger partial charge in [0.15, 0.2) is 11.6 Å². The van der Waals surface area contributed by atoms with E-state index in [1.54, 1.807) is 12.1 Å². The largest absolute Gasteiger partial charge is 0.469 e. The van der Waals surface area contributed by atoms with Crippen molar-refractivity contribution in [3.63, 3.8) is 0 Å². The van der Waals surface area contributed by atoms with Gasteiger partial charge in [-0.05, 0) is 36.2 Å². The third-order valence-electron chi connectivity index (χ3n) is 3.83. The summed E-state index contributed by atoms with van der Waals surface area (Å²) < 4.78 is 4.64. The molecule has 25 heavy (non-hydrogen) atoms. The van der Waals surface area contributed by atoms with Crippen molar-refractivity contribution in [2.75, 3.05) is 7.11 Å². The minimum absolute atomic E-state index is 0.216. The minimum atomic E-state index is -0.216. The molecule has 0 saturated heterocycles. The molecule has 0 aliphatic carbocycles. The molecule has 0 bridgehead atoms. The summed E-state index contributed by atoms with van der Waals surface area (Å²) in [6.07, 6.45) is 1.00. The fraction of sp³-hybridized carbons (Fsp3) is 0.158. The molecule has 0 unspecified atom stereocenters. The van der Waals surface area contributed by atoms with Gasteiger partial charge >= 0.3 is 5.97 Å². The van der Waals surface area contributed by atoms with Crippen LogP contribution in [0.3, 0.4) is 0 Å². The van der Waals surface area contributed by atoms with Crippen molar-refractivity contribution in [1.29, 1.82) is 5.26 Å². The lowest BCUT2D eigenvalue weighted by molar-refractivity contribution is -0.140. The number of nitrogens with one attached hydrogen (secondary N) is 1. The first kappa shape index (κ1) is 16.4. The Morgan fingerprint density at radius 1 is 1.12 bits per heavy atom. The minimum Gasteiger partial charge on any atom is -0.469 e. The molecular formula is C19H16N4O2. The lowest BCUT2D eigenvalue weighted by Crippen LogP contribution is -2.01. The van der Waals surface area contributed by atoms with Crippen molar-refractivity contribution in [1.82, 2.24) is 15.2 Å². The molecule has 1 heterocycles. The summed E-state index contributed by atoms with van der Waals surface area (Å²) in [5.41, 5.74) is 3.41. The van der Waals surface area contributed by atoms with Crippen LogP contribution < -0.4 is 0 Å². The van der Waals surface area contributed by atoms with Crippen molar-refractivity contribution in [3.05, 3.63) is 59.7 Å². The number of methoxy groups -OCH3 is 1. The molecule has 124 valence electrons. The second kappa shape index (κ2) is 7.41. The molecule has 0 amide bonds. The average Bonchev–Trinajstić information content (AvgIpc) is 3.16. The summed E-state index contributed by atoms with van der Waals surface area (Å²) in [6, 6.07) is 17.0. The molecule has 3 aromatic rings. The van der Waals surface area contributed by atoms with Crippen LogP contribution in [0.1, 0.15) is 17.5 Å². The van der Waals surface area contributed by atoms with E-state index in [2.05, 4.69) is 26.0 Å². The van der Waals surface area contributed by atoms with Gasteiger partial charge < -0.3 is 4.74 Å². The first-order valence-corrected chi connectivity index (χ1v) is 7.78. The molecule has 0 atom stereocenters. The summed E-state index contributed by atoms with van der Waals surface area (Å²) in [5.74, 6) is 1.03. The monoisotopic (exact) mass is 332 g/mol. The number of H-pyrrole nitrogens is 1. The van der Waals surface area contributed by atoms with E-state index < -0.39 is 0 Å². The van der Waals surface area contributed by atoms with Crippen molar-refractivity contribution >= 4 is 5.97 Å². The third-order valence-corrected chi connectivity index (χ3v) is 3.83. The summed E-state index contributed by atoms with van der Waals surface area (Å²) in [4.78, 5) is 15.7. The molecule has 0 aliphatic heterocycles. The van der Waals surface area contributed by atoms with E-state index in [0.717, 1.165) is 16.7 Å². The highest BCUT2D eigenvalue weighted by Crippen LogP contribution is 2.21. The molecule has 0 saturated carbocycles. The van der Waals surface area contributed by atoms with E-state index in [-0.39, 0.29) is 5.97 Å². The smallest absolute Gasteiger partial charge is 0.305 e. The van der Waals surface area contributed by atoms with Crippen molar-refractivity contribution in [3.8, 4) is 28.8 Å². The number of carbonyl (C=O) groups is 1. The summed E-state index contributed by atoms with van der Waals surface area (Å²) >= 11 is 0. The highest BCUT2D eigenvalue weighted by molar-refractivity contribution is 5.69. The van der Waals surface area contributed by atoms with Crippen LogP contribution in [0.15, 0.2) is 48.5 Å². The van der Waals surface area contributed by atoms with Gasteiger partial charge in [-0.25, -0.2) is 4.98 Å². The maximum Gasteiger partial charge on any atom is 0.305 e. The lowest BCUT2D eigenvalue weighted by Gasteiger charge is -2.02. The number of nitriles is 1. The Kier molecular flexibility index (Phi) is 4.86. The zero-order valence-corrected chi connectivity index (χ0v) is 13.7. The normalized spacial score (nSPS) is 10.2. The lowest BCUT2D eigenvalue weighted by atomic mass is 10.1. The summed E-state index contributed by atoms with van der Waals surface area (Å²) in [5, 5.41) is 16.0. The van der Waals surface area contributed by atoms with Gasteiger partial charge in [0, 0.05) is 17.5 Å². The fourth-order valence-corrected chi connectivity index (χ4v) is 2.39. The number of aromatic nitrogens is 3. The zero-order chi connectivity index (χ0) is 17.6. The molecule has 6 heteroatoms. The van der Waals surface area contributed by atoms with Gasteiger partial charge in [0.1, 0.15) is 0 Å². The van der Waals surface area contributed by atoms with Gasteiger partial charge in [0.05, 0.1) is 18.7 Å². The molecule has 3 rings (SSSR count). The molecule has 0 radical (unpaired) electrons. The number of benzene rings is 2. The zero-order valence-electron chi connectivity index (χ0n) is 13.7. The van der Waals surface area contributed by atoms with Crippen LogP contribution in [0.25, 0.3) is 22.8 Å². The maximum atomic E-state index is 11.2. The molecular weight excluding hydrogens is 316 g/mol. The number of aryl methyl sites for hydroxylation is 1. The fourth-order valence-electron chi connectivity index (χ4n) is 2.39. The van der Waals surface area contributed by atoms with Crippen LogP contribution in [0.2, 0.25) is 0 Å². The second-order valence-corrected chi connectivity index (χ2v) is 5.47. The Bertz CT molecular complexity index is 906. The molecule has 0 fully saturated rings. The Morgan fingerprint density at radius 3 is 2.44 bits per heavy atom. The van der Waals surface area contributed by atoms with Gasteiger partial charge in [-0.2, -0.15) is 10.4 Å². The average molecular weight is 332 g/mol. The van der Waals surface area contributed by atoms with Gasteiger partial charge in [0.25, 0.3) is 0 Å².